The van der Waals surface area contributed by atoms with E-state index in [9.17, 15) is 14.0 Å². The zero-order valence-electron chi connectivity index (χ0n) is 13.7. The molecule has 2 aromatic rings. The standard InChI is InChI=1S/C19H20FNO3/c1-13-8-10-16(12-17(13)20)21-19(23)14(2)24-18(22)11-9-15-6-4-3-5-7-15/h3-8,10,12,14H,9,11H2,1-2H3,(H,21,23). The summed E-state index contributed by atoms with van der Waals surface area (Å²) in [5, 5.41) is 2.53. The molecular formula is C19H20FNO3. The van der Waals surface area contributed by atoms with Crippen LogP contribution in [0.15, 0.2) is 48.5 Å². The number of ether oxygens (including phenoxy) is 1. The third-order valence-corrected chi connectivity index (χ3v) is 3.58. The number of anilines is 1. The maximum atomic E-state index is 13.5. The smallest absolute Gasteiger partial charge is 0.306 e. The van der Waals surface area contributed by atoms with Crippen LogP contribution in [0.2, 0.25) is 0 Å². The van der Waals surface area contributed by atoms with Gasteiger partial charge in [0.1, 0.15) is 5.82 Å². The topological polar surface area (TPSA) is 55.4 Å². The minimum Gasteiger partial charge on any atom is -0.453 e. The maximum absolute atomic E-state index is 13.5. The average molecular weight is 329 g/mol. The second-order valence-electron chi connectivity index (χ2n) is 5.57. The molecule has 0 saturated carbocycles. The highest BCUT2D eigenvalue weighted by Crippen LogP contribution is 2.14. The summed E-state index contributed by atoms with van der Waals surface area (Å²) in [5.41, 5.74) is 1.85. The van der Waals surface area contributed by atoms with Gasteiger partial charge in [0, 0.05) is 12.1 Å². The van der Waals surface area contributed by atoms with E-state index in [1.54, 1.807) is 19.1 Å². The van der Waals surface area contributed by atoms with E-state index >= 15 is 0 Å². The molecule has 0 radical (unpaired) electrons. The van der Waals surface area contributed by atoms with Gasteiger partial charge in [-0.3, -0.25) is 9.59 Å². The number of rotatable bonds is 6. The van der Waals surface area contributed by atoms with E-state index in [1.165, 1.54) is 13.0 Å². The lowest BCUT2D eigenvalue weighted by Crippen LogP contribution is -2.30. The third-order valence-electron chi connectivity index (χ3n) is 3.58. The SMILES string of the molecule is Cc1ccc(NC(=O)C(C)OC(=O)CCc2ccccc2)cc1F. The summed E-state index contributed by atoms with van der Waals surface area (Å²) in [6.45, 7) is 3.12. The van der Waals surface area contributed by atoms with Crippen LogP contribution in [0.4, 0.5) is 10.1 Å². The Balaban J connectivity index is 1.82. The number of esters is 1. The normalized spacial score (nSPS) is 11.6. The fourth-order valence-corrected chi connectivity index (χ4v) is 2.12. The number of amides is 1. The average Bonchev–Trinajstić information content (AvgIpc) is 2.57. The first-order valence-corrected chi connectivity index (χ1v) is 7.76. The molecule has 1 atom stereocenters. The fraction of sp³-hybridized carbons (Fsp3) is 0.263. The van der Waals surface area contributed by atoms with Crippen molar-refractivity contribution in [2.75, 3.05) is 5.32 Å². The van der Waals surface area contributed by atoms with Crippen molar-refractivity contribution in [3.63, 3.8) is 0 Å². The van der Waals surface area contributed by atoms with Crippen LogP contribution in [-0.4, -0.2) is 18.0 Å². The summed E-state index contributed by atoms with van der Waals surface area (Å²) in [5.74, 6) is -1.34. The van der Waals surface area contributed by atoms with Crippen LogP contribution in [-0.2, 0) is 20.7 Å². The Morgan fingerprint density at radius 1 is 1.17 bits per heavy atom. The maximum Gasteiger partial charge on any atom is 0.306 e. The molecule has 1 unspecified atom stereocenters. The largest absolute Gasteiger partial charge is 0.453 e. The number of aryl methyl sites for hydroxylation is 2. The van der Waals surface area contributed by atoms with Crippen LogP contribution < -0.4 is 5.32 Å². The molecule has 24 heavy (non-hydrogen) atoms. The van der Waals surface area contributed by atoms with Crippen molar-refractivity contribution >= 4 is 17.6 Å². The van der Waals surface area contributed by atoms with Crippen molar-refractivity contribution in [2.45, 2.75) is 32.8 Å². The van der Waals surface area contributed by atoms with Gasteiger partial charge in [0.05, 0.1) is 0 Å². The molecule has 4 nitrogen and oxygen atoms in total. The first-order valence-electron chi connectivity index (χ1n) is 7.76. The van der Waals surface area contributed by atoms with Gasteiger partial charge in [-0.05, 0) is 43.5 Å². The van der Waals surface area contributed by atoms with E-state index in [0.29, 0.717) is 17.7 Å². The van der Waals surface area contributed by atoms with E-state index in [1.807, 2.05) is 30.3 Å². The van der Waals surface area contributed by atoms with Crippen LogP contribution in [0.1, 0.15) is 24.5 Å². The second-order valence-corrected chi connectivity index (χ2v) is 5.57. The van der Waals surface area contributed by atoms with Crippen molar-refractivity contribution < 1.29 is 18.7 Å². The fourth-order valence-electron chi connectivity index (χ4n) is 2.12. The van der Waals surface area contributed by atoms with Crippen LogP contribution in [0, 0.1) is 12.7 Å². The number of halogens is 1. The molecule has 0 bridgehead atoms. The van der Waals surface area contributed by atoms with Crippen LogP contribution in [0.25, 0.3) is 0 Å². The molecule has 0 spiro atoms. The molecule has 5 heteroatoms. The Labute approximate surface area is 140 Å². The number of hydrogen-bond acceptors (Lipinski definition) is 3. The summed E-state index contributed by atoms with van der Waals surface area (Å²) in [4.78, 5) is 23.8. The lowest BCUT2D eigenvalue weighted by atomic mass is 10.1. The summed E-state index contributed by atoms with van der Waals surface area (Å²) < 4.78 is 18.6. The predicted molar refractivity (Wildman–Crippen MR) is 90.1 cm³/mol. The first kappa shape index (κ1) is 17.7. The van der Waals surface area contributed by atoms with Gasteiger partial charge in [-0.2, -0.15) is 0 Å². The number of carbonyl (C=O) groups excluding carboxylic acids is 2. The number of hydrogen-bond donors (Lipinski definition) is 1. The van der Waals surface area contributed by atoms with Gasteiger partial charge in [0.25, 0.3) is 5.91 Å². The van der Waals surface area contributed by atoms with Gasteiger partial charge in [-0.15, -0.1) is 0 Å². The quantitative estimate of drug-likeness (QED) is 0.823. The highest BCUT2D eigenvalue weighted by atomic mass is 19.1. The lowest BCUT2D eigenvalue weighted by molar-refractivity contribution is -0.153. The van der Waals surface area contributed by atoms with E-state index in [4.69, 9.17) is 4.74 Å². The third kappa shape index (κ3) is 5.19. The molecule has 0 aromatic heterocycles. The van der Waals surface area contributed by atoms with Gasteiger partial charge in [0.15, 0.2) is 6.10 Å². The second kappa shape index (κ2) is 8.24. The minimum atomic E-state index is -0.947. The van der Waals surface area contributed by atoms with Gasteiger partial charge in [-0.1, -0.05) is 36.4 Å². The molecule has 0 heterocycles. The summed E-state index contributed by atoms with van der Waals surface area (Å²) in [6, 6.07) is 14.0. The van der Waals surface area contributed by atoms with E-state index in [0.717, 1.165) is 5.56 Å². The Hall–Kier alpha value is -2.69. The van der Waals surface area contributed by atoms with Crippen molar-refractivity contribution in [2.24, 2.45) is 0 Å². The highest BCUT2D eigenvalue weighted by molar-refractivity contribution is 5.95. The van der Waals surface area contributed by atoms with E-state index in [-0.39, 0.29) is 6.42 Å². The summed E-state index contributed by atoms with van der Waals surface area (Å²) in [7, 11) is 0. The molecule has 2 aromatic carbocycles. The predicted octanol–water partition coefficient (Wildman–Crippen LogP) is 3.64. The van der Waals surface area contributed by atoms with Crippen molar-refractivity contribution in [3.8, 4) is 0 Å². The van der Waals surface area contributed by atoms with E-state index in [2.05, 4.69) is 5.32 Å². The van der Waals surface area contributed by atoms with Crippen molar-refractivity contribution in [1.29, 1.82) is 0 Å². The molecule has 1 N–H and O–H groups in total. The molecule has 0 saturated heterocycles. The van der Waals surface area contributed by atoms with Crippen LogP contribution in [0.5, 0.6) is 0 Å². The minimum absolute atomic E-state index is 0.195. The Morgan fingerprint density at radius 2 is 1.88 bits per heavy atom. The molecule has 0 aliphatic carbocycles. The summed E-state index contributed by atoms with van der Waals surface area (Å²) >= 11 is 0. The lowest BCUT2D eigenvalue weighted by Gasteiger charge is -2.14. The molecule has 0 aliphatic rings. The molecule has 0 aliphatic heterocycles. The number of carbonyl (C=O) groups is 2. The van der Waals surface area contributed by atoms with Crippen LogP contribution >= 0.6 is 0 Å². The Kier molecular flexibility index (Phi) is 6.07. The zero-order chi connectivity index (χ0) is 17.5. The molecule has 0 fully saturated rings. The summed E-state index contributed by atoms with van der Waals surface area (Å²) in [6.07, 6.45) is -0.199. The van der Waals surface area contributed by atoms with Gasteiger partial charge >= 0.3 is 5.97 Å². The van der Waals surface area contributed by atoms with Crippen molar-refractivity contribution in [3.05, 3.63) is 65.5 Å². The molecular weight excluding hydrogens is 309 g/mol. The van der Waals surface area contributed by atoms with Crippen LogP contribution in [0.3, 0.4) is 0 Å². The number of nitrogens with one attached hydrogen (secondary N) is 1. The Bertz CT molecular complexity index is 716. The van der Waals surface area contributed by atoms with Gasteiger partial charge in [0.2, 0.25) is 0 Å². The monoisotopic (exact) mass is 329 g/mol. The molecule has 1 amide bonds. The number of benzene rings is 2. The Morgan fingerprint density at radius 3 is 2.54 bits per heavy atom. The zero-order valence-corrected chi connectivity index (χ0v) is 13.7. The van der Waals surface area contributed by atoms with Gasteiger partial charge in [-0.25, -0.2) is 4.39 Å². The van der Waals surface area contributed by atoms with Gasteiger partial charge < -0.3 is 10.1 Å². The van der Waals surface area contributed by atoms with Crippen molar-refractivity contribution in [1.82, 2.24) is 0 Å². The van der Waals surface area contributed by atoms with E-state index < -0.39 is 23.8 Å². The molecule has 2 rings (SSSR count). The first-order chi connectivity index (χ1) is 11.5. The highest BCUT2D eigenvalue weighted by Gasteiger charge is 2.18. The molecule has 126 valence electrons.